The number of benzene rings is 2. The van der Waals surface area contributed by atoms with Crippen LogP contribution in [0.25, 0.3) is 0 Å². The van der Waals surface area contributed by atoms with Crippen LogP contribution in [0.4, 0.5) is 10.1 Å². The molecule has 9 heteroatoms. The lowest BCUT2D eigenvalue weighted by atomic mass is 10.0. The number of carbonyl (C=O) groups excluding carboxylic acids is 2. The number of halogens is 1. The molecule has 0 bridgehead atoms. The number of rotatable bonds is 6. The third-order valence-electron chi connectivity index (χ3n) is 6.04. The molecule has 1 saturated heterocycles. The third-order valence-corrected chi connectivity index (χ3v) is 7.99. The van der Waals surface area contributed by atoms with E-state index in [2.05, 4.69) is 10.6 Å². The number of nitrogens with one attached hydrogen (secondary N) is 2. The number of piperidine rings is 1. The van der Waals surface area contributed by atoms with Gasteiger partial charge in [0.1, 0.15) is 5.82 Å². The van der Waals surface area contributed by atoms with Gasteiger partial charge in [-0.2, -0.15) is 4.31 Å². The van der Waals surface area contributed by atoms with Gasteiger partial charge in [0.05, 0.1) is 4.90 Å². The first-order valence-corrected chi connectivity index (χ1v) is 12.5. The van der Waals surface area contributed by atoms with Gasteiger partial charge in [-0.25, -0.2) is 12.8 Å². The number of aryl methyl sites for hydroxylation is 3. The van der Waals surface area contributed by atoms with E-state index >= 15 is 0 Å². The maximum absolute atomic E-state index is 13.6. The zero-order valence-corrected chi connectivity index (χ0v) is 20.0. The lowest BCUT2D eigenvalue weighted by Crippen LogP contribution is -2.45. The molecule has 7 nitrogen and oxygen atoms in total. The summed E-state index contributed by atoms with van der Waals surface area (Å²) in [6, 6.07) is 8.87. The fourth-order valence-corrected chi connectivity index (χ4v) is 5.74. The van der Waals surface area contributed by atoms with Gasteiger partial charge in [-0.05, 0) is 87.1 Å². The molecule has 2 amide bonds. The maximum Gasteiger partial charge on any atom is 0.313 e. The number of amides is 2. The second kappa shape index (κ2) is 10.4. The van der Waals surface area contributed by atoms with Crippen molar-refractivity contribution in [1.29, 1.82) is 0 Å². The molecular weight excluding hydrogens is 445 g/mol. The molecule has 0 spiro atoms. The van der Waals surface area contributed by atoms with Crippen LogP contribution in [0.1, 0.15) is 42.4 Å². The zero-order chi connectivity index (χ0) is 24.2. The fraction of sp³-hybridized carbons (Fsp3) is 0.417. The minimum Gasteiger partial charge on any atom is -0.348 e. The van der Waals surface area contributed by atoms with Crippen LogP contribution in [0.3, 0.4) is 0 Å². The first-order valence-electron chi connectivity index (χ1n) is 11.0. The number of sulfonamides is 1. The highest BCUT2D eigenvalue weighted by atomic mass is 32.2. The molecule has 1 heterocycles. The molecule has 2 N–H and O–H groups in total. The van der Waals surface area contributed by atoms with E-state index in [4.69, 9.17) is 0 Å². The van der Waals surface area contributed by atoms with E-state index in [9.17, 15) is 22.4 Å². The van der Waals surface area contributed by atoms with Crippen LogP contribution in [0.5, 0.6) is 0 Å². The van der Waals surface area contributed by atoms with Crippen LogP contribution >= 0.6 is 0 Å². The van der Waals surface area contributed by atoms with E-state index in [-0.39, 0.29) is 23.0 Å². The molecule has 0 radical (unpaired) electrons. The molecule has 0 aromatic heterocycles. The van der Waals surface area contributed by atoms with Crippen molar-refractivity contribution in [2.45, 2.75) is 57.4 Å². The fourth-order valence-electron chi connectivity index (χ4n) is 3.93. The van der Waals surface area contributed by atoms with Crippen molar-refractivity contribution in [3.05, 3.63) is 58.9 Å². The lowest BCUT2D eigenvalue weighted by Gasteiger charge is -2.34. The van der Waals surface area contributed by atoms with Gasteiger partial charge in [-0.3, -0.25) is 9.59 Å². The number of nitrogens with zero attached hydrogens (tertiary/aromatic N) is 1. The summed E-state index contributed by atoms with van der Waals surface area (Å²) in [5.41, 5.74) is 2.90. The van der Waals surface area contributed by atoms with Gasteiger partial charge in [-0.1, -0.05) is 12.5 Å². The normalized spacial score (nSPS) is 16.9. The van der Waals surface area contributed by atoms with Crippen molar-refractivity contribution in [3.63, 3.8) is 0 Å². The third kappa shape index (κ3) is 5.97. The topological polar surface area (TPSA) is 95.6 Å². The Hall–Kier alpha value is -2.78. The SMILES string of the molecule is Cc1ccc(NC(=O)C(=O)NCC[C@@H]2CCCCN2S(=O)(=O)c2ccc(F)c(C)c2)cc1C. The van der Waals surface area contributed by atoms with Crippen molar-refractivity contribution in [2.24, 2.45) is 0 Å². The second-order valence-electron chi connectivity index (χ2n) is 8.47. The van der Waals surface area contributed by atoms with Gasteiger partial charge >= 0.3 is 11.8 Å². The largest absolute Gasteiger partial charge is 0.348 e. The van der Waals surface area contributed by atoms with Gasteiger partial charge in [0.2, 0.25) is 10.0 Å². The summed E-state index contributed by atoms with van der Waals surface area (Å²) in [5.74, 6) is -1.99. The summed E-state index contributed by atoms with van der Waals surface area (Å²) in [5, 5.41) is 5.16. The van der Waals surface area contributed by atoms with Crippen LogP contribution in [0.15, 0.2) is 41.3 Å². The van der Waals surface area contributed by atoms with Crippen LogP contribution in [0.2, 0.25) is 0 Å². The molecule has 0 saturated carbocycles. The van der Waals surface area contributed by atoms with Crippen LogP contribution in [0, 0.1) is 26.6 Å². The van der Waals surface area contributed by atoms with Crippen LogP contribution in [-0.2, 0) is 19.6 Å². The van der Waals surface area contributed by atoms with Gasteiger partial charge in [0.25, 0.3) is 0 Å². The molecule has 33 heavy (non-hydrogen) atoms. The molecule has 0 unspecified atom stereocenters. The Kier molecular flexibility index (Phi) is 7.86. The van der Waals surface area contributed by atoms with Crippen molar-refractivity contribution >= 4 is 27.5 Å². The predicted octanol–water partition coefficient (Wildman–Crippen LogP) is 3.44. The Morgan fingerprint density at radius 1 is 1.00 bits per heavy atom. The van der Waals surface area contributed by atoms with E-state index in [0.29, 0.717) is 25.1 Å². The predicted molar refractivity (Wildman–Crippen MR) is 125 cm³/mol. The average Bonchev–Trinajstić information content (AvgIpc) is 2.78. The highest BCUT2D eigenvalue weighted by molar-refractivity contribution is 7.89. The van der Waals surface area contributed by atoms with Crippen molar-refractivity contribution < 1.29 is 22.4 Å². The van der Waals surface area contributed by atoms with Crippen molar-refractivity contribution in [1.82, 2.24) is 9.62 Å². The summed E-state index contributed by atoms with van der Waals surface area (Å²) in [7, 11) is -3.79. The number of carbonyl (C=O) groups is 2. The average molecular weight is 476 g/mol. The van der Waals surface area contributed by atoms with E-state index in [1.807, 2.05) is 19.9 Å². The van der Waals surface area contributed by atoms with E-state index in [1.54, 1.807) is 12.1 Å². The molecule has 0 aliphatic carbocycles. The van der Waals surface area contributed by atoms with Gasteiger partial charge < -0.3 is 10.6 Å². The number of hydrogen-bond donors (Lipinski definition) is 2. The first-order chi connectivity index (χ1) is 15.6. The molecule has 178 valence electrons. The van der Waals surface area contributed by atoms with Crippen LogP contribution < -0.4 is 10.6 Å². The Morgan fingerprint density at radius 2 is 1.76 bits per heavy atom. The molecule has 1 atom stereocenters. The Morgan fingerprint density at radius 3 is 2.45 bits per heavy atom. The Labute approximate surface area is 194 Å². The number of anilines is 1. The molecule has 1 fully saturated rings. The van der Waals surface area contributed by atoms with Gasteiger partial charge in [0.15, 0.2) is 0 Å². The molecular formula is C24H30FN3O4S. The first kappa shape index (κ1) is 24.9. The van der Waals surface area contributed by atoms with Crippen molar-refractivity contribution in [2.75, 3.05) is 18.4 Å². The summed E-state index contributed by atoms with van der Waals surface area (Å²) in [6.45, 7) is 5.94. The lowest BCUT2D eigenvalue weighted by molar-refractivity contribution is -0.136. The minimum atomic E-state index is -3.79. The Bertz CT molecular complexity index is 1150. The monoisotopic (exact) mass is 475 g/mol. The molecule has 2 aromatic carbocycles. The summed E-state index contributed by atoms with van der Waals surface area (Å²) < 4.78 is 41.4. The number of hydrogen-bond acceptors (Lipinski definition) is 4. The smallest absolute Gasteiger partial charge is 0.313 e. The minimum absolute atomic E-state index is 0.0603. The maximum atomic E-state index is 13.6. The highest BCUT2D eigenvalue weighted by Crippen LogP contribution is 2.27. The molecule has 3 rings (SSSR count). The van der Waals surface area contributed by atoms with Crippen LogP contribution in [-0.4, -0.2) is 43.7 Å². The standard InChI is InChI=1S/C24H30FN3O4S/c1-16-7-8-19(14-17(16)2)27-24(30)23(29)26-12-11-20-6-4-5-13-28(20)33(31,32)21-9-10-22(25)18(3)15-21/h7-10,14-15,20H,4-6,11-13H2,1-3H3,(H,26,29)(H,27,30)/t20-/m0/s1. The summed E-state index contributed by atoms with van der Waals surface area (Å²) in [4.78, 5) is 24.5. The van der Waals surface area contributed by atoms with Crippen molar-refractivity contribution in [3.8, 4) is 0 Å². The Balaban J connectivity index is 1.59. The van der Waals surface area contributed by atoms with E-state index in [1.165, 1.54) is 23.4 Å². The van der Waals surface area contributed by atoms with E-state index < -0.39 is 27.7 Å². The zero-order valence-electron chi connectivity index (χ0n) is 19.2. The quantitative estimate of drug-likeness (QED) is 0.626. The molecule has 1 aliphatic rings. The van der Waals surface area contributed by atoms with E-state index in [0.717, 1.165) is 30.0 Å². The highest BCUT2D eigenvalue weighted by Gasteiger charge is 2.33. The van der Waals surface area contributed by atoms with Gasteiger partial charge in [-0.15, -0.1) is 0 Å². The molecule has 1 aliphatic heterocycles. The molecule has 2 aromatic rings. The van der Waals surface area contributed by atoms with Gasteiger partial charge in [0, 0.05) is 24.8 Å². The summed E-state index contributed by atoms with van der Waals surface area (Å²) >= 11 is 0. The second-order valence-corrected chi connectivity index (χ2v) is 10.4. The summed E-state index contributed by atoms with van der Waals surface area (Å²) in [6.07, 6.45) is 2.65.